The normalized spacial score (nSPS) is 13.4. The van der Waals surface area contributed by atoms with E-state index in [2.05, 4.69) is 33.4 Å². The zero-order chi connectivity index (χ0) is 14.0. The van der Waals surface area contributed by atoms with Crippen molar-refractivity contribution in [3.05, 3.63) is 23.1 Å². The number of pyridine rings is 1. The third-order valence-electron chi connectivity index (χ3n) is 3.18. The van der Waals surface area contributed by atoms with Crippen LogP contribution in [-0.4, -0.2) is 39.6 Å². The van der Waals surface area contributed by atoms with Gasteiger partial charge in [0.15, 0.2) is 5.65 Å². The SMILES string of the molecule is CCN(C)CCn1c(C(C)Cl)nc2cc(Cl)cnc21. The predicted molar refractivity (Wildman–Crippen MR) is 80.0 cm³/mol. The highest BCUT2D eigenvalue weighted by molar-refractivity contribution is 6.31. The maximum atomic E-state index is 6.21. The van der Waals surface area contributed by atoms with Crippen LogP contribution in [0.5, 0.6) is 0 Å². The summed E-state index contributed by atoms with van der Waals surface area (Å²) in [6.07, 6.45) is 1.65. The Kier molecular flexibility index (Phi) is 4.66. The molecule has 2 aromatic heterocycles. The highest BCUT2D eigenvalue weighted by Gasteiger charge is 2.16. The number of halogens is 2. The summed E-state index contributed by atoms with van der Waals surface area (Å²) in [4.78, 5) is 11.2. The van der Waals surface area contributed by atoms with Gasteiger partial charge in [-0.3, -0.25) is 0 Å². The Balaban J connectivity index is 2.40. The second-order valence-corrected chi connectivity index (χ2v) is 5.72. The van der Waals surface area contributed by atoms with Gasteiger partial charge in [-0.15, -0.1) is 11.6 Å². The number of alkyl halides is 1. The van der Waals surface area contributed by atoms with Crippen molar-refractivity contribution in [1.29, 1.82) is 0 Å². The third-order valence-corrected chi connectivity index (χ3v) is 3.58. The van der Waals surface area contributed by atoms with Gasteiger partial charge in [0.05, 0.1) is 10.4 Å². The van der Waals surface area contributed by atoms with Crippen LogP contribution < -0.4 is 0 Å². The van der Waals surface area contributed by atoms with Crippen LogP contribution in [0.2, 0.25) is 5.02 Å². The summed E-state index contributed by atoms with van der Waals surface area (Å²) in [5, 5.41) is 0.441. The summed E-state index contributed by atoms with van der Waals surface area (Å²) in [6, 6.07) is 1.83. The van der Waals surface area contributed by atoms with Crippen molar-refractivity contribution in [2.45, 2.75) is 25.8 Å². The summed E-state index contributed by atoms with van der Waals surface area (Å²) in [5.74, 6) is 0.843. The monoisotopic (exact) mass is 300 g/mol. The molecular formula is C13H18Cl2N4. The standard InChI is InChI=1S/C13H18Cl2N4/c1-4-18(3)5-6-19-12(9(2)14)17-11-7-10(15)8-16-13(11)19/h7-9H,4-6H2,1-3H3. The molecule has 0 bridgehead atoms. The van der Waals surface area contributed by atoms with Crippen LogP contribution in [0.1, 0.15) is 25.0 Å². The van der Waals surface area contributed by atoms with Crippen molar-refractivity contribution in [3.63, 3.8) is 0 Å². The molecule has 0 spiro atoms. The minimum Gasteiger partial charge on any atom is -0.310 e. The molecule has 0 aliphatic heterocycles. The summed E-state index contributed by atoms with van der Waals surface area (Å²) in [5.41, 5.74) is 1.64. The van der Waals surface area contributed by atoms with E-state index in [1.54, 1.807) is 6.20 Å². The Morgan fingerprint density at radius 3 is 2.84 bits per heavy atom. The number of hydrogen-bond acceptors (Lipinski definition) is 3. The first kappa shape index (κ1) is 14.6. The molecule has 2 heterocycles. The number of hydrogen-bond donors (Lipinski definition) is 0. The first-order chi connectivity index (χ1) is 9.02. The molecule has 0 aromatic carbocycles. The van der Waals surface area contributed by atoms with Crippen LogP contribution in [0, 0.1) is 0 Å². The van der Waals surface area contributed by atoms with Gasteiger partial charge in [-0.1, -0.05) is 18.5 Å². The van der Waals surface area contributed by atoms with E-state index in [1.807, 2.05) is 13.0 Å². The number of fused-ring (bicyclic) bond motifs is 1. The largest absolute Gasteiger partial charge is 0.310 e. The number of rotatable bonds is 5. The van der Waals surface area contributed by atoms with Gasteiger partial charge in [0.2, 0.25) is 0 Å². The fraction of sp³-hybridized carbons (Fsp3) is 0.538. The Morgan fingerprint density at radius 1 is 1.47 bits per heavy atom. The topological polar surface area (TPSA) is 34.0 Å². The second-order valence-electron chi connectivity index (χ2n) is 4.63. The van der Waals surface area contributed by atoms with E-state index in [0.717, 1.165) is 36.6 Å². The summed E-state index contributed by atoms with van der Waals surface area (Å²) >= 11 is 12.2. The molecule has 0 saturated carbocycles. The molecule has 4 nitrogen and oxygen atoms in total. The average Bonchev–Trinajstić information content (AvgIpc) is 2.73. The smallest absolute Gasteiger partial charge is 0.160 e. The maximum Gasteiger partial charge on any atom is 0.160 e. The molecule has 2 rings (SSSR count). The predicted octanol–water partition coefficient (Wildman–Crippen LogP) is 3.34. The lowest BCUT2D eigenvalue weighted by Crippen LogP contribution is -2.23. The van der Waals surface area contributed by atoms with Crippen molar-refractivity contribution in [1.82, 2.24) is 19.4 Å². The average molecular weight is 301 g/mol. The molecule has 1 atom stereocenters. The number of aromatic nitrogens is 3. The van der Waals surface area contributed by atoms with Gasteiger partial charge < -0.3 is 9.47 Å². The van der Waals surface area contributed by atoms with Gasteiger partial charge in [-0.2, -0.15) is 0 Å². The maximum absolute atomic E-state index is 6.21. The van der Waals surface area contributed by atoms with E-state index in [9.17, 15) is 0 Å². The number of nitrogens with zero attached hydrogens (tertiary/aromatic N) is 4. The van der Waals surface area contributed by atoms with Crippen LogP contribution >= 0.6 is 23.2 Å². The highest BCUT2D eigenvalue weighted by atomic mass is 35.5. The Hall–Kier alpha value is -0.840. The Labute approximate surface area is 123 Å². The fourth-order valence-corrected chi connectivity index (χ4v) is 2.28. The lowest BCUT2D eigenvalue weighted by atomic mass is 10.4. The zero-order valence-electron chi connectivity index (χ0n) is 11.4. The van der Waals surface area contributed by atoms with E-state index < -0.39 is 0 Å². The molecule has 0 amide bonds. The molecule has 0 aliphatic carbocycles. The number of imidazole rings is 1. The van der Waals surface area contributed by atoms with Crippen molar-refractivity contribution in [2.75, 3.05) is 20.1 Å². The summed E-state index contributed by atoms with van der Waals surface area (Å²) in [7, 11) is 2.09. The van der Waals surface area contributed by atoms with Gasteiger partial charge >= 0.3 is 0 Å². The minimum absolute atomic E-state index is 0.153. The van der Waals surface area contributed by atoms with Crippen molar-refractivity contribution >= 4 is 34.4 Å². The lowest BCUT2D eigenvalue weighted by Gasteiger charge is -2.16. The molecule has 19 heavy (non-hydrogen) atoms. The van der Waals surface area contributed by atoms with Crippen molar-refractivity contribution < 1.29 is 0 Å². The molecule has 6 heteroatoms. The molecule has 2 aromatic rings. The Bertz CT molecular complexity index is 565. The Morgan fingerprint density at radius 2 is 2.21 bits per heavy atom. The first-order valence-electron chi connectivity index (χ1n) is 6.37. The molecule has 0 aliphatic rings. The van der Waals surface area contributed by atoms with Gasteiger partial charge in [0.25, 0.3) is 0 Å². The fourth-order valence-electron chi connectivity index (χ4n) is 1.96. The number of likely N-dealkylation sites (N-methyl/N-ethyl adjacent to an activating group) is 1. The van der Waals surface area contributed by atoms with Crippen LogP contribution in [0.4, 0.5) is 0 Å². The van der Waals surface area contributed by atoms with Crippen LogP contribution in [0.25, 0.3) is 11.2 Å². The molecule has 0 saturated heterocycles. The summed E-state index contributed by atoms with van der Waals surface area (Å²) < 4.78 is 2.08. The summed E-state index contributed by atoms with van der Waals surface area (Å²) in [6.45, 7) is 6.82. The second kappa shape index (κ2) is 6.07. The highest BCUT2D eigenvalue weighted by Crippen LogP contribution is 2.24. The van der Waals surface area contributed by atoms with Gasteiger partial charge in [-0.25, -0.2) is 9.97 Å². The van der Waals surface area contributed by atoms with Gasteiger partial charge in [0, 0.05) is 19.3 Å². The molecule has 0 radical (unpaired) electrons. The quantitative estimate of drug-likeness (QED) is 0.794. The molecule has 0 N–H and O–H groups in total. The first-order valence-corrected chi connectivity index (χ1v) is 7.18. The van der Waals surface area contributed by atoms with E-state index in [0.29, 0.717) is 5.02 Å². The van der Waals surface area contributed by atoms with E-state index in [1.165, 1.54) is 0 Å². The zero-order valence-corrected chi connectivity index (χ0v) is 12.9. The molecule has 0 fully saturated rings. The van der Waals surface area contributed by atoms with Crippen LogP contribution in [0.3, 0.4) is 0 Å². The van der Waals surface area contributed by atoms with Crippen molar-refractivity contribution in [3.8, 4) is 0 Å². The van der Waals surface area contributed by atoms with Gasteiger partial charge in [-0.05, 0) is 26.6 Å². The van der Waals surface area contributed by atoms with E-state index in [4.69, 9.17) is 23.2 Å². The molecule has 1 unspecified atom stereocenters. The van der Waals surface area contributed by atoms with Crippen LogP contribution in [0.15, 0.2) is 12.3 Å². The third kappa shape index (κ3) is 3.19. The minimum atomic E-state index is -0.153. The van der Waals surface area contributed by atoms with Crippen molar-refractivity contribution in [2.24, 2.45) is 0 Å². The molecule has 104 valence electrons. The van der Waals surface area contributed by atoms with Crippen LogP contribution in [-0.2, 0) is 6.54 Å². The van der Waals surface area contributed by atoms with E-state index in [-0.39, 0.29) is 5.38 Å². The lowest BCUT2D eigenvalue weighted by molar-refractivity contribution is 0.335. The van der Waals surface area contributed by atoms with E-state index >= 15 is 0 Å². The molecular weight excluding hydrogens is 283 g/mol. The van der Waals surface area contributed by atoms with Gasteiger partial charge in [0.1, 0.15) is 11.3 Å².